The maximum atomic E-state index is 12.5. The van der Waals surface area contributed by atoms with Gasteiger partial charge in [-0.3, -0.25) is 4.90 Å². The second-order valence-corrected chi connectivity index (χ2v) is 7.30. The van der Waals surface area contributed by atoms with Gasteiger partial charge in [0.2, 0.25) is 0 Å². The molecule has 142 valence electrons. The summed E-state index contributed by atoms with van der Waals surface area (Å²) in [6.07, 6.45) is -2.79. The van der Waals surface area contributed by atoms with E-state index in [1.165, 1.54) is 16.1 Å². The molecule has 1 unspecified atom stereocenters. The number of halogens is 3. The van der Waals surface area contributed by atoms with Gasteiger partial charge in [0.05, 0.1) is 18.6 Å². The summed E-state index contributed by atoms with van der Waals surface area (Å²) in [5.41, 5.74) is -0.256. The maximum absolute atomic E-state index is 12.5. The smallest absolute Gasteiger partial charge is 0.331 e. The molecule has 1 aliphatic rings. The minimum Gasteiger partial charge on any atom is -0.331 e. The molecule has 1 aromatic heterocycles. The first kappa shape index (κ1) is 19.5. The van der Waals surface area contributed by atoms with Gasteiger partial charge in [-0.05, 0) is 27.7 Å². The lowest BCUT2D eigenvalue weighted by Gasteiger charge is -2.39. The number of urea groups is 1. The third-order valence-corrected chi connectivity index (χ3v) is 4.09. The van der Waals surface area contributed by atoms with Crippen LogP contribution in [0.5, 0.6) is 0 Å². The predicted molar refractivity (Wildman–Crippen MR) is 85.9 cm³/mol. The molecule has 0 saturated carbocycles. The number of nitrogens with one attached hydrogen (secondary N) is 1. The third-order valence-electron chi connectivity index (χ3n) is 4.09. The van der Waals surface area contributed by atoms with Gasteiger partial charge in [0, 0.05) is 25.7 Å². The largest absolute Gasteiger partial charge is 0.401 e. The highest BCUT2D eigenvalue weighted by Gasteiger charge is 2.36. The van der Waals surface area contributed by atoms with Gasteiger partial charge >= 0.3 is 12.2 Å². The fourth-order valence-electron chi connectivity index (χ4n) is 2.86. The summed E-state index contributed by atoms with van der Waals surface area (Å²) in [5.74, 6) is 0.629. The average molecular weight is 362 g/mol. The maximum Gasteiger partial charge on any atom is 0.401 e. The summed E-state index contributed by atoms with van der Waals surface area (Å²) in [6, 6.07) is -0.652. The van der Waals surface area contributed by atoms with Gasteiger partial charge in [0.25, 0.3) is 0 Å². The number of hydrogen-bond donors (Lipinski definition) is 1. The van der Waals surface area contributed by atoms with E-state index in [9.17, 15) is 18.0 Å². The Kier molecular flexibility index (Phi) is 5.60. The second-order valence-electron chi connectivity index (χ2n) is 7.30. The van der Waals surface area contributed by atoms with Crippen molar-refractivity contribution in [3.63, 3.8) is 0 Å². The van der Waals surface area contributed by atoms with Gasteiger partial charge in [-0.15, -0.1) is 0 Å². The van der Waals surface area contributed by atoms with Crippen molar-refractivity contribution < 1.29 is 18.0 Å². The Morgan fingerprint density at radius 3 is 2.56 bits per heavy atom. The fourth-order valence-corrected chi connectivity index (χ4v) is 2.86. The van der Waals surface area contributed by atoms with E-state index < -0.39 is 12.7 Å². The molecule has 25 heavy (non-hydrogen) atoms. The van der Waals surface area contributed by atoms with Gasteiger partial charge < -0.3 is 10.2 Å². The van der Waals surface area contributed by atoms with Crippen molar-refractivity contribution in [1.29, 1.82) is 0 Å². The van der Waals surface area contributed by atoms with E-state index in [-0.39, 0.29) is 43.8 Å². The van der Waals surface area contributed by atoms with Gasteiger partial charge in [0.1, 0.15) is 12.2 Å². The van der Waals surface area contributed by atoms with Crippen LogP contribution in [0.25, 0.3) is 0 Å². The van der Waals surface area contributed by atoms with Gasteiger partial charge in [0.15, 0.2) is 0 Å². The number of amides is 2. The molecule has 0 aromatic carbocycles. The first-order valence-corrected chi connectivity index (χ1v) is 8.20. The Labute approximate surface area is 145 Å². The standard InChI is InChI=1S/C15H25F3N6O/c1-11-8-22(5-6-23(11)9-15(16,17)18)13(25)19-7-12-20-10-21-24(12)14(2,3)4/h10-11H,5-9H2,1-4H3,(H,19,25). The minimum atomic E-state index is -4.23. The molecule has 2 amide bonds. The molecule has 1 saturated heterocycles. The number of hydrogen-bond acceptors (Lipinski definition) is 4. The number of nitrogens with zero attached hydrogens (tertiary/aromatic N) is 5. The van der Waals surface area contributed by atoms with Crippen LogP contribution in [0.3, 0.4) is 0 Å². The second kappa shape index (κ2) is 7.19. The van der Waals surface area contributed by atoms with Gasteiger partial charge in [-0.25, -0.2) is 14.5 Å². The summed E-state index contributed by atoms with van der Waals surface area (Å²) in [6.45, 7) is 7.63. The van der Waals surface area contributed by atoms with Crippen molar-refractivity contribution in [2.75, 3.05) is 26.2 Å². The van der Waals surface area contributed by atoms with Crippen LogP contribution in [0, 0.1) is 0 Å². The molecule has 0 bridgehead atoms. The minimum absolute atomic E-state index is 0.201. The molecular weight excluding hydrogens is 337 g/mol. The van der Waals surface area contributed by atoms with E-state index >= 15 is 0 Å². The summed E-state index contributed by atoms with van der Waals surface area (Å²) >= 11 is 0. The highest BCUT2D eigenvalue weighted by Crippen LogP contribution is 2.20. The molecule has 7 nitrogen and oxygen atoms in total. The topological polar surface area (TPSA) is 66.3 Å². The number of carbonyl (C=O) groups is 1. The molecule has 2 rings (SSSR count). The highest BCUT2D eigenvalue weighted by molar-refractivity contribution is 5.74. The number of carbonyl (C=O) groups excluding carboxylic acids is 1. The number of rotatable bonds is 3. The molecule has 1 aliphatic heterocycles. The summed E-state index contributed by atoms with van der Waals surface area (Å²) in [4.78, 5) is 19.3. The fraction of sp³-hybridized carbons (Fsp3) is 0.800. The van der Waals surface area contributed by atoms with Crippen molar-refractivity contribution >= 4 is 6.03 Å². The molecule has 0 aliphatic carbocycles. The number of aromatic nitrogens is 3. The number of piperazine rings is 1. The van der Waals surface area contributed by atoms with E-state index in [0.29, 0.717) is 5.82 Å². The quantitative estimate of drug-likeness (QED) is 0.891. The van der Waals surface area contributed by atoms with Crippen LogP contribution in [-0.4, -0.2) is 69.0 Å². The predicted octanol–water partition coefficient (Wildman–Crippen LogP) is 1.81. The van der Waals surface area contributed by atoms with Crippen molar-refractivity contribution in [2.24, 2.45) is 0 Å². The molecule has 1 N–H and O–H groups in total. The van der Waals surface area contributed by atoms with Gasteiger partial charge in [-0.1, -0.05) is 0 Å². The highest BCUT2D eigenvalue weighted by atomic mass is 19.4. The average Bonchev–Trinajstić information content (AvgIpc) is 2.94. The van der Waals surface area contributed by atoms with Crippen LogP contribution < -0.4 is 5.32 Å². The Bertz CT molecular complexity index is 595. The lowest BCUT2D eigenvalue weighted by molar-refractivity contribution is -0.153. The zero-order valence-corrected chi connectivity index (χ0v) is 15.0. The SMILES string of the molecule is CC1CN(C(=O)NCc2ncnn2C(C)(C)C)CCN1CC(F)(F)F. The molecule has 2 heterocycles. The molecule has 0 radical (unpaired) electrons. The van der Waals surface area contributed by atoms with E-state index in [0.717, 1.165) is 0 Å². The molecule has 10 heteroatoms. The first-order chi connectivity index (χ1) is 11.5. The van der Waals surface area contributed by atoms with Crippen molar-refractivity contribution in [1.82, 2.24) is 29.9 Å². The van der Waals surface area contributed by atoms with Crippen molar-refractivity contribution in [3.05, 3.63) is 12.2 Å². The zero-order chi connectivity index (χ0) is 18.8. The zero-order valence-electron chi connectivity index (χ0n) is 15.0. The molecular formula is C15H25F3N6O. The van der Waals surface area contributed by atoms with Gasteiger partial charge in [-0.2, -0.15) is 18.3 Å². The normalized spacial score (nSPS) is 20.0. The lowest BCUT2D eigenvalue weighted by atomic mass is 10.1. The number of alkyl halides is 3. The summed E-state index contributed by atoms with van der Waals surface area (Å²) < 4.78 is 39.3. The van der Waals surface area contributed by atoms with E-state index in [4.69, 9.17) is 0 Å². The monoisotopic (exact) mass is 362 g/mol. The van der Waals surface area contributed by atoms with Crippen molar-refractivity contribution in [2.45, 2.75) is 52.0 Å². The van der Waals surface area contributed by atoms with Crippen LogP contribution in [0.2, 0.25) is 0 Å². The van der Waals surface area contributed by atoms with Crippen LogP contribution in [0.15, 0.2) is 6.33 Å². The lowest BCUT2D eigenvalue weighted by Crippen LogP contribution is -2.57. The third kappa shape index (κ3) is 5.32. The van der Waals surface area contributed by atoms with E-state index in [1.54, 1.807) is 11.6 Å². The Hall–Kier alpha value is -1.84. The van der Waals surface area contributed by atoms with Crippen LogP contribution in [-0.2, 0) is 12.1 Å². The van der Waals surface area contributed by atoms with Crippen LogP contribution in [0.1, 0.15) is 33.5 Å². The molecule has 1 fully saturated rings. The Morgan fingerprint density at radius 1 is 1.32 bits per heavy atom. The summed E-state index contributed by atoms with van der Waals surface area (Å²) in [5, 5.41) is 6.94. The van der Waals surface area contributed by atoms with E-state index in [2.05, 4.69) is 15.4 Å². The first-order valence-electron chi connectivity index (χ1n) is 8.20. The summed E-state index contributed by atoms with van der Waals surface area (Å²) in [7, 11) is 0. The van der Waals surface area contributed by atoms with E-state index in [1.807, 2.05) is 20.8 Å². The molecule has 1 aromatic rings. The van der Waals surface area contributed by atoms with Crippen LogP contribution in [0.4, 0.5) is 18.0 Å². The van der Waals surface area contributed by atoms with Crippen LogP contribution >= 0.6 is 0 Å². The molecule has 0 spiro atoms. The molecule has 1 atom stereocenters. The Balaban J connectivity index is 1.88. The van der Waals surface area contributed by atoms with Crippen molar-refractivity contribution in [3.8, 4) is 0 Å². The Morgan fingerprint density at radius 2 is 2.00 bits per heavy atom.